The Morgan fingerprint density at radius 3 is 1.00 bits per heavy atom. The summed E-state index contributed by atoms with van der Waals surface area (Å²) in [5, 5.41) is 0.611. The quantitative estimate of drug-likeness (QED) is 0.362. The highest BCUT2D eigenvalue weighted by atomic mass is 28.4. The molecule has 2 unspecified atom stereocenters. The Morgan fingerprint density at radius 1 is 0.571 bits per heavy atom. The highest BCUT2D eigenvalue weighted by Crippen LogP contribution is 2.37. The molecule has 0 aromatic heterocycles. The van der Waals surface area contributed by atoms with Gasteiger partial charge in [-0.1, -0.05) is 55.4 Å². The average Bonchev–Trinajstić information content (AvgIpc) is 2.50. The van der Waals surface area contributed by atoms with Crippen LogP contribution in [0.1, 0.15) is 55.4 Å². The van der Waals surface area contributed by atoms with E-state index < -0.39 is 16.6 Å². The van der Waals surface area contributed by atoms with E-state index in [4.69, 9.17) is 18.3 Å². The molecule has 0 rings (SSSR count). The Bertz CT molecular complexity index is 360. The molecule has 0 bridgehead atoms. The monoisotopic (exact) mass is 436 g/mol. The van der Waals surface area contributed by atoms with Crippen LogP contribution in [-0.2, 0) is 18.3 Å². The molecule has 6 heteroatoms. The molecule has 0 radical (unpaired) electrons. The zero-order chi connectivity index (χ0) is 22.8. The van der Waals surface area contributed by atoms with Crippen molar-refractivity contribution in [2.75, 3.05) is 40.6 Å². The van der Waals surface area contributed by atoms with E-state index in [0.717, 1.165) is 26.4 Å². The van der Waals surface area contributed by atoms with Gasteiger partial charge in [0.15, 0.2) is 16.6 Å². The van der Waals surface area contributed by atoms with Crippen LogP contribution in [0.5, 0.6) is 0 Å². The molecular weight excluding hydrogens is 384 g/mol. The lowest BCUT2D eigenvalue weighted by Crippen LogP contribution is -2.42. The second-order valence-corrected chi connectivity index (χ2v) is 20.9. The molecular formula is C22H52O4Si2. The fourth-order valence-corrected chi connectivity index (χ4v) is 4.07. The van der Waals surface area contributed by atoms with Gasteiger partial charge in [0.1, 0.15) is 0 Å². The second-order valence-electron chi connectivity index (χ2n) is 11.3. The number of rotatable bonds is 10. The van der Waals surface area contributed by atoms with E-state index in [1.54, 1.807) is 14.2 Å². The van der Waals surface area contributed by atoms with Gasteiger partial charge < -0.3 is 18.3 Å². The van der Waals surface area contributed by atoms with Crippen LogP contribution >= 0.6 is 0 Å². The summed E-state index contributed by atoms with van der Waals surface area (Å²) in [7, 11) is 0.373. The van der Waals surface area contributed by atoms with E-state index in [1.807, 2.05) is 0 Å². The summed E-state index contributed by atoms with van der Waals surface area (Å²) in [6, 6.07) is 0. The molecule has 28 heavy (non-hydrogen) atoms. The topological polar surface area (TPSA) is 36.9 Å². The van der Waals surface area contributed by atoms with Crippen molar-refractivity contribution in [3.8, 4) is 0 Å². The fraction of sp³-hybridized carbons (Fsp3) is 1.00. The highest BCUT2D eigenvalue weighted by molar-refractivity contribution is 6.74. The second kappa shape index (κ2) is 12.9. The van der Waals surface area contributed by atoms with Crippen LogP contribution in [0.15, 0.2) is 0 Å². The van der Waals surface area contributed by atoms with Crippen LogP contribution in [0.3, 0.4) is 0 Å². The van der Waals surface area contributed by atoms with Crippen LogP contribution in [0.4, 0.5) is 0 Å². The average molecular weight is 437 g/mol. The lowest BCUT2D eigenvalue weighted by molar-refractivity contribution is 0.122. The lowest BCUT2D eigenvalue weighted by Gasteiger charge is -2.36. The number of methoxy groups -OCH3 is 2. The van der Waals surface area contributed by atoms with E-state index in [9.17, 15) is 0 Å². The standard InChI is InChI=1S/2C11H26O2Si/c2*1-10(8-12-5)9-13-14(6,7)11(2,3)4/h2*10H,8-9H2,1-7H3. The van der Waals surface area contributed by atoms with E-state index in [0.29, 0.717) is 21.9 Å². The summed E-state index contributed by atoms with van der Waals surface area (Å²) in [6.07, 6.45) is 0. The number of hydrogen-bond donors (Lipinski definition) is 0. The van der Waals surface area contributed by atoms with E-state index >= 15 is 0 Å². The maximum absolute atomic E-state index is 6.07. The molecule has 0 fully saturated rings. The van der Waals surface area contributed by atoms with Crippen molar-refractivity contribution in [3.63, 3.8) is 0 Å². The Labute approximate surface area is 179 Å². The summed E-state index contributed by atoms with van der Waals surface area (Å²) in [4.78, 5) is 0. The third kappa shape index (κ3) is 12.8. The molecule has 0 aromatic carbocycles. The smallest absolute Gasteiger partial charge is 0.191 e. The molecule has 0 saturated heterocycles. The van der Waals surface area contributed by atoms with Crippen LogP contribution in [-0.4, -0.2) is 57.3 Å². The minimum Gasteiger partial charge on any atom is -0.416 e. The van der Waals surface area contributed by atoms with Crippen LogP contribution in [0, 0.1) is 11.8 Å². The molecule has 0 spiro atoms. The maximum Gasteiger partial charge on any atom is 0.191 e. The van der Waals surface area contributed by atoms with Crippen LogP contribution in [0.2, 0.25) is 36.3 Å². The first-order valence-corrected chi connectivity index (χ1v) is 16.5. The zero-order valence-corrected chi connectivity index (χ0v) is 23.6. The number of ether oxygens (including phenoxy) is 2. The van der Waals surface area contributed by atoms with Crippen molar-refractivity contribution in [1.82, 2.24) is 0 Å². The predicted octanol–water partition coefficient (Wildman–Crippen LogP) is 6.58. The van der Waals surface area contributed by atoms with Gasteiger partial charge in [0.2, 0.25) is 0 Å². The first kappa shape index (κ1) is 30.5. The van der Waals surface area contributed by atoms with Crippen molar-refractivity contribution in [1.29, 1.82) is 0 Å². The molecule has 0 heterocycles. The molecule has 0 aliphatic heterocycles. The van der Waals surface area contributed by atoms with Gasteiger partial charge >= 0.3 is 0 Å². The first-order valence-electron chi connectivity index (χ1n) is 10.7. The molecule has 0 aliphatic rings. The predicted molar refractivity (Wildman–Crippen MR) is 128 cm³/mol. The molecule has 2 atom stereocenters. The molecule has 0 amide bonds. The number of hydrogen-bond acceptors (Lipinski definition) is 4. The summed E-state index contributed by atoms with van der Waals surface area (Å²) in [5.41, 5.74) is 0. The summed E-state index contributed by atoms with van der Waals surface area (Å²) in [6.45, 7) is 30.3. The first-order chi connectivity index (χ1) is 12.4. The van der Waals surface area contributed by atoms with Gasteiger partial charge in [-0.2, -0.15) is 0 Å². The van der Waals surface area contributed by atoms with Crippen molar-refractivity contribution < 1.29 is 18.3 Å². The summed E-state index contributed by atoms with van der Waals surface area (Å²) >= 11 is 0. The van der Waals surface area contributed by atoms with Crippen molar-refractivity contribution >= 4 is 16.6 Å². The van der Waals surface area contributed by atoms with Gasteiger partial charge in [-0.3, -0.25) is 0 Å². The van der Waals surface area contributed by atoms with Crippen LogP contribution in [0.25, 0.3) is 0 Å². The molecule has 4 nitrogen and oxygen atoms in total. The fourth-order valence-electron chi connectivity index (χ4n) is 1.80. The minimum atomic E-state index is -1.55. The summed E-state index contributed by atoms with van der Waals surface area (Å²) in [5.74, 6) is 0.989. The van der Waals surface area contributed by atoms with Crippen LogP contribution < -0.4 is 0 Å². The molecule has 172 valence electrons. The van der Waals surface area contributed by atoms with Gasteiger partial charge in [0.05, 0.1) is 13.2 Å². The Hall–Kier alpha value is 0.274. The zero-order valence-electron chi connectivity index (χ0n) is 21.6. The van der Waals surface area contributed by atoms with E-state index in [1.165, 1.54) is 0 Å². The SMILES string of the molecule is COCC(C)CO[Si](C)(C)C(C)(C)C.COCC(C)CO[Si](C)(C)C(C)(C)C. The van der Waals surface area contributed by atoms with Gasteiger partial charge in [-0.25, -0.2) is 0 Å². The molecule has 0 saturated carbocycles. The Morgan fingerprint density at radius 2 is 0.821 bits per heavy atom. The van der Waals surface area contributed by atoms with E-state index in [-0.39, 0.29) is 0 Å². The largest absolute Gasteiger partial charge is 0.416 e. The Kier molecular flexibility index (Phi) is 14.0. The molecule has 0 aliphatic carbocycles. The third-order valence-electron chi connectivity index (χ3n) is 5.97. The highest BCUT2D eigenvalue weighted by Gasteiger charge is 2.38. The normalized spacial score (nSPS) is 15.6. The van der Waals surface area contributed by atoms with E-state index in [2.05, 4.69) is 81.6 Å². The van der Waals surface area contributed by atoms with Crippen molar-refractivity contribution in [3.05, 3.63) is 0 Å². The van der Waals surface area contributed by atoms with Gasteiger partial charge in [0, 0.05) is 39.3 Å². The molecule has 0 aromatic rings. The van der Waals surface area contributed by atoms with Gasteiger partial charge in [0.25, 0.3) is 0 Å². The minimum absolute atomic E-state index is 0.305. The third-order valence-corrected chi connectivity index (χ3v) is 15.0. The molecule has 0 N–H and O–H groups in total. The summed E-state index contributed by atoms with van der Waals surface area (Å²) < 4.78 is 22.3. The van der Waals surface area contributed by atoms with Crippen molar-refractivity contribution in [2.24, 2.45) is 11.8 Å². The van der Waals surface area contributed by atoms with Crippen molar-refractivity contribution in [2.45, 2.75) is 91.7 Å². The Balaban J connectivity index is 0. The van der Waals surface area contributed by atoms with Gasteiger partial charge in [-0.05, 0) is 36.3 Å². The lowest BCUT2D eigenvalue weighted by atomic mass is 10.2. The maximum atomic E-state index is 6.07. The van der Waals surface area contributed by atoms with Gasteiger partial charge in [-0.15, -0.1) is 0 Å².